The first kappa shape index (κ1) is 19.6. The highest BCUT2D eigenvalue weighted by Crippen LogP contribution is 2.62. The second kappa shape index (κ2) is 5.30. The van der Waals surface area contributed by atoms with Crippen molar-refractivity contribution in [1.82, 2.24) is 0 Å². The molecule has 1 aliphatic heterocycles. The summed E-state index contributed by atoms with van der Waals surface area (Å²) in [6, 6.07) is 0. The Morgan fingerprint density at radius 2 is 1.70 bits per heavy atom. The van der Waals surface area contributed by atoms with Gasteiger partial charge in [-0.1, -0.05) is 6.58 Å². The van der Waals surface area contributed by atoms with Crippen LogP contribution in [0.1, 0.15) is 6.92 Å². The van der Waals surface area contributed by atoms with Gasteiger partial charge in [0, 0.05) is 5.57 Å². The number of rotatable bonds is 3. The zero-order chi connectivity index (χ0) is 18.5. The fourth-order valence-electron chi connectivity index (χ4n) is 1.78. The van der Waals surface area contributed by atoms with Crippen LogP contribution in [0.4, 0.5) is 35.1 Å². The Labute approximate surface area is 123 Å². The Balaban J connectivity index is 3.34. The third-order valence-electron chi connectivity index (χ3n) is 3.28. The van der Waals surface area contributed by atoms with E-state index >= 15 is 0 Å². The molecule has 1 rings (SSSR count). The van der Waals surface area contributed by atoms with Crippen LogP contribution in [0.3, 0.4) is 0 Å². The van der Waals surface area contributed by atoms with Gasteiger partial charge in [-0.05, 0) is 6.92 Å². The summed E-state index contributed by atoms with van der Waals surface area (Å²) in [5.74, 6) is -12.8. The highest BCUT2D eigenvalue weighted by Gasteiger charge is 2.88. The number of ether oxygens (including phenoxy) is 2. The van der Waals surface area contributed by atoms with Gasteiger partial charge in [-0.15, -0.1) is 0 Å². The molecule has 2 unspecified atom stereocenters. The van der Waals surface area contributed by atoms with Gasteiger partial charge in [0.15, 0.2) is 5.41 Å². The minimum absolute atomic E-state index is 0.462. The lowest BCUT2D eigenvalue weighted by Gasteiger charge is -2.38. The fraction of sp³-hybridized carbons (Fsp3) is 0.727. The van der Waals surface area contributed by atoms with E-state index in [9.17, 15) is 39.9 Å². The number of hydrogen-bond acceptors (Lipinski definition) is 4. The SMILES string of the molecule is C=C(C)C(=O)OCC1(C(F)(F)F)COC(O)(C(F)(F)F)C1(F)F. The lowest BCUT2D eigenvalue weighted by Crippen LogP contribution is -2.65. The van der Waals surface area contributed by atoms with Gasteiger partial charge in [0.25, 0.3) is 0 Å². The molecule has 0 aromatic carbocycles. The second-order valence-corrected chi connectivity index (χ2v) is 4.94. The molecule has 0 amide bonds. The van der Waals surface area contributed by atoms with Crippen molar-refractivity contribution in [3.05, 3.63) is 12.2 Å². The van der Waals surface area contributed by atoms with Crippen molar-refractivity contribution >= 4 is 5.97 Å². The first-order valence-corrected chi connectivity index (χ1v) is 5.74. The minimum atomic E-state index is -6.22. The molecule has 4 nitrogen and oxygen atoms in total. The van der Waals surface area contributed by atoms with E-state index in [0.29, 0.717) is 0 Å². The Hall–Kier alpha value is -1.43. The average Bonchev–Trinajstić information content (AvgIpc) is 2.55. The number of carbonyl (C=O) groups is 1. The molecule has 1 fully saturated rings. The van der Waals surface area contributed by atoms with Crippen LogP contribution in [0, 0.1) is 5.41 Å². The van der Waals surface area contributed by atoms with Gasteiger partial charge >= 0.3 is 30.0 Å². The molecule has 0 spiro atoms. The molecule has 0 aliphatic carbocycles. The first-order chi connectivity index (χ1) is 10.0. The summed E-state index contributed by atoms with van der Waals surface area (Å²) >= 11 is 0. The van der Waals surface area contributed by atoms with Crippen molar-refractivity contribution in [3.8, 4) is 0 Å². The molecule has 0 bridgehead atoms. The molecule has 0 radical (unpaired) electrons. The summed E-state index contributed by atoms with van der Waals surface area (Å²) in [5, 5.41) is 8.97. The predicted molar refractivity (Wildman–Crippen MR) is 56.2 cm³/mol. The van der Waals surface area contributed by atoms with E-state index in [0.717, 1.165) is 6.92 Å². The number of halogens is 8. The average molecular weight is 358 g/mol. The predicted octanol–water partition coefficient (Wildman–Crippen LogP) is 2.57. The molecule has 0 saturated carbocycles. The molecule has 1 heterocycles. The third kappa shape index (κ3) is 2.67. The van der Waals surface area contributed by atoms with Crippen LogP contribution in [-0.2, 0) is 14.3 Å². The molecular weight excluding hydrogens is 348 g/mol. The summed E-state index contributed by atoms with van der Waals surface area (Å²) in [4.78, 5) is 11.1. The zero-order valence-corrected chi connectivity index (χ0v) is 11.3. The Bertz CT molecular complexity index is 511. The molecule has 134 valence electrons. The lowest BCUT2D eigenvalue weighted by molar-refractivity contribution is -0.418. The van der Waals surface area contributed by atoms with E-state index in [1.165, 1.54) is 0 Å². The summed E-state index contributed by atoms with van der Waals surface area (Å²) in [6.07, 6.45) is -12.2. The number of carbonyl (C=O) groups excluding carboxylic acids is 1. The maximum absolute atomic E-state index is 13.9. The van der Waals surface area contributed by atoms with E-state index in [1.54, 1.807) is 0 Å². The maximum Gasteiger partial charge on any atom is 0.449 e. The van der Waals surface area contributed by atoms with Crippen LogP contribution < -0.4 is 0 Å². The second-order valence-electron chi connectivity index (χ2n) is 4.94. The minimum Gasteiger partial charge on any atom is -0.461 e. The lowest BCUT2D eigenvalue weighted by atomic mass is 9.80. The summed E-state index contributed by atoms with van der Waals surface area (Å²) < 4.78 is 112. The van der Waals surface area contributed by atoms with Crippen molar-refractivity contribution in [2.24, 2.45) is 5.41 Å². The van der Waals surface area contributed by atoms with Crippen LogP contribution in [0.25, 0.3) is 0 Å². The Kier molecular flexibility index (Phi) is 4.52. The quantitative estimate of drug-likeness (QED) is 0.479. The van der Waals surface area contributed by atoms with E-state index in [2.05, 4.69) is 16.1 Å². The molecule has 1 saturated heterocycles. The van der Waals surface area contributed by atoms with Crippen molar-refractivity contribution < 1.29 is 54.5 Å². The van der Waals surface area contributed by atoms with Gasteiger partial charge in [0.2, 0.25) is 0 Å². The number of aliphatic hydroxyl groups is 1. The largest absolute Gasteiger partial charge is 0.461 e. The van der Waals surface area contributed by atoms with E-state index in [4.69, 9.17) is 5.11 Å². The maximum atomic E-state index is 13.9. The highest BCUT2D eigenvalue weighted by molar-refractivity contribution is 5.86. The van der Waals surface area contributed by atoms with Gasteiger partial charge in [-0.3, -0.25) is 0 Å². The molecule has 12 heteroatoms. The van der Waals surface area contributed by atoms with Crippen molar-refractivity contribution in [3.63, 3.8) is 0 Å². The van der Waals surface area contributed by atoms with E-state index < -0.39 is 54.2 Å². The topological polar surface area (TPSA) is 55.8 Å². The Morgan fingerprint density at radius 1 is 1.22 bits per heavy atom. The fourth-order valence-corrected chi connectivity index (χ4v) is 1.78. The third-order valence-corrected chi connectivity index (χ3v) is 3.28. The van der Waals surface area contributed by atoms with Crippen LogP contribution in [0.5, 0.6) is 0 Å². The van der Waals surface area contributed by atoms with Crippen LogP contribution >= 0.6 is 0 Å². The van der Waals surface area contributed by atoms with Crippen molar-refractivity contribution in [1.29, 1.82) is 0 Å². The molecule has 0 aromatic rings. The van der Waals surface area contributed by atoms with Gasteiger partial charge in [0.1, 0.15) is 6.61 Å². The van der Waals surface area contributed by atoms with E-state index in [-0.39, 0.29) is 0 Å². The molecule has 1 aliphatic rings. The first-order valence-electron chi connectivity index (χ1n) is 5.74. The summed E-state index contributed by atoms with van der Waals surface area (Å²) in [6.45, 7) is -0.478. The van der Waals surface area contributed by atoms with Gasteiger partial charge in [0.05, 0.1) is 6.61 Å². The van der Waals surface area contributed by atoms with Gasteiger partial charge < -0.3 is 14.6 Å². The standard InChI is InChI=1S/C11H10F8O4/c1-5(2)6(20)22-3-7(10(14,15)16)4-23-9(21,8(7,12)13)11(17,18)19/h21H,1,3-4H2,2H3. The molecule has 0 aromatic heterocycles. The van der Waals surface area contributed by atoms with Gasteiger partial charge in [-0.2, -0.15) is 35.1 Å². The van der Waals surface area contributed by atoms with Crippen LogP contribution in [0.2, 0.25) is 0 Å². The number of hydrogen-bond donors (Lipinski definition) is 1. The number of alkyl halides is 8. The molecule has 2 atom stereocenters. The number of esters is 1. The molecular formula is C11H10F8O4. The molecule has 23 heavy (non-hydrogen) atoms. The van der Waals surface area contributed by atoms with Crippen LogP contribution in [0.15, 0.2) is 12.2 Å². The van der Waals surface area contributed by atoms with E-state index in [1.807, 2.05) is 0 Å². The Morgan fingerprint density at radius 3 is 2.00 bits per heavy atom. The van der Waals surface area contributed by atoms with Crippen LogP contribution in [-0.4, -0.2) is 48.4 Å². The molecule has 1 N–H and O–H groups in total. The summed E-state index contributed by atoms with van der Waals surface area (Å²) in [7, 11) is 0. The highest BCUT2D eigenvalue weighted by atomic mass is 19.4. The summed E-state index contributed by atoms with van der Waals surface area (Å²) in [5.41, 5.74) is -5.04. The van der Waals surface area contributed by atoms with Crippen molar-refractivity contribution in [2.45, 2.75) is 31.0 Å². The monoisotopic (exact) mass is 358 g/mol. The zero-order valence-electron chi connectivity index (χ0n) is 11.3. The van der Waals surface area contributed by atoms with Crippen molar-refractivity contribution in [2.75, 3.05) is 13.2 Å². The smallest absolute Gasteiger partial charge is 0.449 e. The normalized spacial score (nSPS) is 31.0. The van der Waals surface area contributed by atoms with Gasteiger partial charge in [-0.25, -0.2) is 4.79 Å².